The number of likely N-dealkylation sites (N-methyl/N-ethyl adjacent to an activating group) is 1. The number of amides is 2. The highest BCUT2D eigenvalue weighted by molar-refractivity contribution is 6.09. The van der Waals surface area contributed by atoms with E-state index in [2.05, 4.69) is 40.4 Å². The number of halogens is 1. The lowest BCUT2D eigenvalue weighted by molar-refractivity contribution is -0.129. The zero-order valence-corrected chi connectivity index (χ0v) is 26.7. The molecule has 3 heterocycles. The standard InChI is InChI=1S/C34H38FN7O4/c1-6-8-10-24-11-12-25(17-23(24)7-2)46-26-13-14-30(45-22(3)35)27(18-26)32-29(20-41(39-32)21-31(43)40(4)5)38-34(44)28-19-37-42-16-9-15-36-33(28)42/h9,11-20,22H,6-8,10,21H2,1-5H3,(H,38,44). The van der Waals surface area contributed by atoms with Gasteiger partial charge in [-0.05, 0) is 66.8 Å². The summed E-state index contributed by atoms with van der Waals surface area (Å²) >= 11 is 0. The van der Waals surface area contributed by atoms with Crippen LogP contribution < -0.4 is 14.8 Å². The van der Waals surface area contributed by atoms with Crippen molar-refractivity contribution in [2.24, 2.45) is 0 Å². The van der Waals surface area contributed by atoms with E-state index in [0.717, 1.165) is 25.7 Å². The second-order valence-corrected chi connectivity index (χ2v) is 11.1. The van der Waals surface area contributed by atoms with E-state index in [1.54, 1.807) is 57.0 Å². The minimum Gasteiger partial charge on any atom is -0.460 e. The second-order valence-electron chi connectivity index (χ2n) is 11.1. The number of aryl methyl sites for hydroxylation is 2. The van der Waals surface area contributed by atoms with Gasteiger partial charge >= 0.3 is 0 Å². The molecule has 1 unspecified atom stereocenters. The van der Waals surface area contributed by atoms with Gasteiger partial charge in [-0.25, -0.2) is 13.9 Å². The van der Waals surface area contributed by atoms with E-state index in [9.17, 15) is 14.0 Å². The lowest BCUT2D eigenvalue weighted by atomic mass is 10.00. The minimum atomic E-state index is -1.63. The Hall–Kier alpha value is -5.26. The Morgan fingerprint density at radius 3 is 2.61 bits per heavy atom. The summed E-state index contributed by atoms with van der Waals surface area (Å²) in [5.74, 6) is 0.604. The molecule has 0 aliphatic heterocycles. The average molecular weight is 628 g/mol. The maximum absolute atomic E-state index is 14.2. The van der Waals surface area contributed by atoms with Crippen LogP contribution in [-0.4, -0.2) is 61.5 Å². The first-order valence-electron chi connectivity index (χ1n) is 15.3. The van der Waals surface area contributed by atoms with Crippen LogP contribution >= 0.6 is 0 Å². The van der Waals surface area contributed by atoms with Gasteiger partial charge in [0.2, 0.25) is 12.3 Å². The third-order valence-electron chi connectivity index (χ3n) is 7.42. The summed E-state index contributed by atoms with van der Waals surface area (Å²) in [7, 11) is 3.28. The number of hydrogen-bond acceptors (Lipinski definition) is 7. The molecule has 0 aliphatic rings. The number of ether oxygens (including phenoxy) is 2. The van der Waals surface area contributed by atoms with Crippen LogP contribution in [-0.2, 0) is 24.2 Å². The number of anilines is 1. The van der Waals surface area contributed by atoms with Gasteiger partial charge in [0.05, 0.1) is 17.4 Å². The molecule has 1 N–H and O–H groups in total. The molecule has 11 nitrogen and oxygen atoms in total. The summed E-state index contributed by atoms with van der Waals surface area (Å²) in [4.78, 5) is 31.8. The molecule has 2 amide bonds. The summed E-state index contributed by atoms with van der Waals surface area (Å²) in [5.41, 5.74) is 4.02. The van der Waals surface area contributed by atoms with Crippen LogP contribution in [0.15, 0.2) is 67.3 Å². The first-order chi connectivity index (χ1) is 22.2. The number of nitrogens with one attached hydrogen (secondary N) is 1. The average Bonchev–Trinajstić information content (AvgIpc) is 3.64. The van der Waals surface area contributed by atoms with E-state index >= 15 is 0 Å². The number of fused-ring (bicyclic) bond motifs is 1. The van der Waals surface area contributed by atoms with Gasteiger partial charge in [0.15, 0.2) is 5.65 Å². The number of benzene rings is 2. The van der Waals surface area contributed by atoms with Crippen molar-refractivity contribution in [2.45, 2.75) is 59.4 Å². The topological polar surface area (TPSA) is 116 Å². The molecular weight excluding hydrogens is 589 g/mol. The zero-order chi connectivity index (χ0) is 32.8. The highest BCUT2D eigenvalue weighted by Gasteiger charge is 2.23. The van der Waals surface area contributed by atoms with Gasteiger partial charge in [0, 0.05) is 39.6 Å². The lowest BCUT2D eigenvalue weighted by Gasteiger charge is -2.15. The Morgan fingerprint density at radius 2 is 1.87 bits per heavy atom. The van der Waals surface area contributed by atoms with E-state index in [0.29, 0.717) is 22.7 Å². The number of hydrogen-bond donors (Lipinski definition) is 1. The van der Waals surface area contributed by atoms with Crippen LogP contribution in [0.5, 0.6) is 17.2 Å². The summed E-state index contributed by atoms with van der Waals surface area (Å²) < 4.78 is 29.0. The van der Waals surface area contributed by atoms with Crippen LogP contribution in [0.2, 0.25) is 0 Å². The molecule has 0 bridgehead atoms. The van der Waals surface area contributed by atoms with Gasteiger partial charge in [-0.3, -0.25) is 14.3 Å². The molecule has 2 aromatic carbocycles. The SMILES string of the molecule is CCCCc1ccc(Oc2ccc(OC(C)F)c(-c3nn(CC(=O)N(C)C)cc3NC(=O)c3cnn4cccnc34)c2)cc1CC. The van der Waals surface area contributed by atoms with Crippen LogP contribution in [0.25, 0.3) is 16.9 Å². The third kappa shape index (κ3) is 7.33. The summed E-state index contributed by atoms with van der Waals surface area (Å²) in [5, 5.41) is 11.7. The molecule has 0 fully saturated rings. The number of carbonyl (C=O) groups is 2. The number of carbonyl (C=O) groups excluding carboxylic acids is 2. The van der Waals surface area contributed by atoms with E-state index in [1.807, 2.05) is 12.1 Å². The van der Waals surface area contributed by atoms with Crippen molar-refractivity contribution in [1.29, 1.82) is 0 Å². The number of rotatable bonds is 13. The fourth-order valence-corrected chi connectivity index (χ4v) is 5.03. The molecule has 0 saturated carbocycles. The molecule has 46 heavy (non-hydrogen) atoms. The predicted octanol–water partition coefficient (Wildman–Crippen LogP) is 6.32. The number of unbranched alkanes of at least 4 members (excludes halogenated alkanes) is 1. The summed E-state index contributed by atoms with van der Waals surface area (Å²) in [6.07, 6.45) is 8.71. The van der Waals surface area contributed by atoms with Crippen molar-refractivity contribution in [3.8, 4) is 28.5 Å². The highest BCUT2D eigenvalue weighted by Crippen LogP contribution is 2.39. The first-order valence-corrected chi connectivity index (χ1v) is 15.3. The molecule has 0 saturated heterocycles. The van der Waals surface area contributed by atoms with Crippen LogP contribution in [0.4, 0.5) is 10.1 Å². The largest absolute Gasteiger partial charge is 0.460 e. The number of aromatic nitrogens is 5. The summed E-state index contributed by atoms with van der Waals surface area (Å²) in [6, 6.07) is 12.7. The smallest absolute Gasteiger partial charge is 0.261 e. The fraction of sp³-hybridized carbons (Fsp3) is 0.324. The third-order valence-corrected chi connectivity index (χ3v) is 7.42. The van der Waals surface area contributed by atoms with E-state index < -0.39 is 12.3 Å². The Bertz CT molecular complexity index is 1850. The Kier molecular flexibility index (Phi) is 9.94. The van der Waals surface area contributed by atoms with E-state index in [1.165, 1.54) is 38.3 Å². The molecule has 12 heteroatoms. The van der Waals surface area contributed by atoms with E-state index in [4.69, 9.17) is 9.47 Å². The molecule has 0 radical (unpaired) electrons. The highest BCUT2D eigenvalue weighted by atomic mass is 19.1. The number of nitrogens with zero attached hydrogens (tertiary/aromatic N) is 6. The van der Waals surface area contributed by atoms with Gasteiger partial charge in [-0.15, -0.1) is 0 Å². The predicted molar refractivity (Wildman–Crippen MR) is 173 cm³/mol. The lowest BCUT2D eigenvalue weighted by Crippen LogP contribution is -2.26. The Labute approximate surface area is 267 Å². The second kappa shape index (κ2) is 14.2. The van der Waals surface area contributed by atoms with Crippen molar-refractivity contribution >= 4 is 23.1 Å². The maximum atomic E-state index is 14.2. The molecule has 5 aromatic rings. The van der Waals surface area contributed by atoms with E-state index in [-0.39, 0.29) is 35.1 Å². The molecule has 5 rings (SSSR count). The molecule has 240 valence electrons. The Balaban J connectivity index is 1.55. The minimum absolute atomic E-state index is 0.0930. The summed E-state index contributed by atoms with van der Waals surface area (Å²) in [6.45, 7) is 5.47. The molecule has 0 spiro atoms. The molecular formula is C34H38FN7O4. The van der Waals surface area contributed by atoms with Gasteiger partial charge in [0.1, 0.15) is 35.1 Å². The first kappa shape index (κ1) is 32.1. The molecule has 0 aliphatic carbocycles. The van der Waals surface area contributed by atoms with Crippen LogP contribution in [0.3, 0.4) is 0 Å². The fourth-order valence-electron chi connectivity index (χ4n) is 5.03. The van der Waals surface area contributed by atoms with Crippen molar-refractivity contribution in [3.05, 3.63) is 83.9 Å². The monoisotopic (exact) mass is 627 g/mol. The van der Waals surface area contributed by atoms with Gasteiger partial charge < -0.3 is 19.7 Å². The van der Waals surface area contributed by atoms with Crippen molar-refractivity contribution < 1.29 is 23.5 Å². The molecule has 1 atom stereocenters. The van der Waals surface area contributed by atoms with Gasteiger partial charge in [-0.2, -0.15) is 10.2 Å². The Morgan fingerprint density at radius 1 is 1.09 bits per heavy atom. The van der Waals surface area contributed by atoms with Crippen molar-refractivity contribution in [1.82, 2.24) is 29.3 Å². The quantitative estimate of drug-likeness (QED) is 0.162. The van der Waals surface area contributed by atoms with Crippen molar-refractivity contribution in [2.75, 3.05) is 19.4 Å². The zero-order valence-electron chi connectivity index (χ0n) is 26.7. The number of alkyl halides is 1. The van der Waals surface area contributed by atoms with Crippen LogP contribution in [0.1, 0.15) is 55.1 Å². The van der Waals surface area contributed by atoms with Crippen LogP contribution in [0, 0.1) is 0 Å². The van der Waals surface area contributed by atoms with Crippen molar-refractivity contribution in [3.63, 3.8) is 0 Å². The maximum Gasteiger partial charge on any atom is 0.261 e. The molecule has 3 aromatic heterocycles. The normalized spacial score (nSPS) is 11.8. The van der Waals surface area contributed by atoms with Gasteiger partial charge in [-0.1, -0.05) is 26.3 Å². The van der Waals surface area contributed by atoms with Gasteiger partial charge in [0.25, 0.3) is 5.91 Å².